The molecule has 0 saturated carbocycles. The van der Waals surface area contributed by atoms with Crippen molar-refractivity contribution in [1.82, 2.24) is 0 Å². The molecule has 2 atom stereocenters. The van der Waals surface area contributed by atoms with Crippen LogP contribution < -0.4 is 4.74 Å². The summed E-state index contributed by atoms with van der Waals surface area (Å²) >= 11 is 4.64. The van der Waals surface area contributed by atoms with E-state index in [1.54, 1.807) is 0 Å². The molecule has 0 amide bonds. The Morgan fingerprint density at radius 2 is 1.97 bits per heavy atom. The monoisotopic (exact) mass is 455 g/mol. The Morgan fingerprint density at radius 3 is 2.66 bits per heavy atom. The lowest BCUT2D eigenvalue weighted by atomic mass is 9.65. The summed E-state index contributed by atoms with van der Waals surface area (Å²) in [7, 11) is 0. The number of aliphatic hydroxyl groups is 1. The van der Waals surface area contributed by atoms with Crippen LogP contribution in [0.2, 0.25) is 0 Å². The molecule has 0 aromatic heterocycles. The van der Waals surface area contributed by atoms with Gasteiger partial charge in [-0.2, -0.15) is 0 Å². The second-order valence-corrected chi connectivity index (χ2v) is 11.0. The Balaban J connectivity index is 1.82. The maximum absolute atomic E-state index is 9.79. The summed E-state index contributed by atoms with van der Waals surface area (Å²) in [5, 5.41) is 12.2. The molecule has 0 saturated heterocycles. The minimum absolute atomic E-state index is 0.110. The van der Waals surface area contributed by atoms with Gasteiger partial charge in [-0.1, -0.05) is 52.2 Å². The molecule has 0 unspecified atom stereocenters. The molecule has 1 heterocycles. The van der Waals surface area contributed by atoms with Crippen LogP contribution in [0, 0.1) is 5.92 Å². The van der Waals surface area contributed by atoms with E-state index in [0.29, 0.717) is 11.8 Å². The first-order chi connectivity index (χ1) is 15.2. The zero-order valence-corrected chi connectivity index (χ0v) is 21.5. The second-order valence-electron chi connectivity index (χ2n) is 10.8. The largest absolute Gasteiger partial charge is 0.487 e. The van der Waals surface area contributed by atoms with Gasteiger partial charge in [-0.15, -0.1) is 0 Å². The molecule has 1 aromatic carbocycles. The number of allylic oxidation sites excluding steroid dienone is 1. The first-order valence-electron chi connectivity index (χ1n) is 12.4. The van der Waals surface area contributed by atoms with E-state index in [1.165, 1.54) is 41.5 Å². The first-order valence-corrected chi connectivity index (χ1v) is 12.8. The number of isothiocyanates is 1. The van der Waals surface area contributed by atoms with Crippen LogP contribution in [0.5, 0.6) is 5.75 Å². The molecule has 176 valence electrons. The average molecular weight is 456 g/mol. The Morgan fingerprint density at radius 1 is 1.22 bits per heavy atom. The normalized spacial score (nSPS) is 21.6. The highest BCUT2D eigenvalue weighted by molar-refractivity contribution is 7.78. The maximum atomic E-state index is 9.79. The number of thiocarbonyl (C=S) groups is 1. The molecule has 1 aliphatic carbocycles. The van der Waals surface area contributed by atoms with Crippen LogP contribution in [0.25, 0.3) is 0 Å². The van der Waals surface area contributed by atoms with Gasteiger partial charge in [0.1, 0.15) is 11.4 Å². The molecule has 3 rings (SSSR count). The summed E-state index contributed by atoms with van der Waals surface area (Å²) < 4.78 is 6.70. The number of aryl methyl sites for hydroxylation is 1. The van der Waals surface area contributed by atoms with E-state index in [0.717, 1.165) is 44.4 Å². The molecule has 2 aliphatic rings. The Hall–Kier alpha value is -1.48. The van der Waals surface area contributed by atoms with E-state index in [2.05, 4.69) is 75.2 Å². The number of benzene rings is 1. The fraction of sp³-hybridized carbons (Fsp3) is 0.679. The molecule has 4 heteroatoms. The van der Waals surface area contributed by atoms with E-state index >= 15 is 0 Å². The maximum Gasteiger partial charge on any atom is 0.124 e. The molecular formula is C28H41NO2S. The number of hydrogen-bond acceptors (Lipinski definition) is 4. The predicted molar refractivity (Wildman–Crippen MR) is 137 cm³/mol. The molecule has 3 nitrogen and oxygen atoms in total. The summed E-state index contributed by atoms with van der Waals surface area (Å²) in [6.07, 6.45) is 11.1. The Kier molecular flexibility index (Phi) is 8.36. The lowest BCUT2D eigenvalue weighted by Gasteiger charge is -2.48. The number of hydrogen-bond donors (Lipinski definition) is 1. The quantitative estimate of drug-likeness (QED) is 0.176. The number of nitrogens with zero attached hydrogens (tertiary/aromatic N) is 1. The zero-order chi connectivity index (χ0) is 23.4. The highest BCUT2D eigenvalue weighted by Gasteiger charge is 2.45. The van der Waals surface area contributed by atoms with Crippen molar-refractivity contribution >= 4 is 17.4 Å². The molecule has 0 radical (unpaired) electrons. The van der Waals surface area contributed by atoms with Crippen molar-refractivity contribution in [1.29, 1.82) is 0 Å². The lowest BCUT2D eigenvalue weighted by Crippen LogP contribution is -2.46. The molecule has 1 aromatic rings. The molecular weight excluding hydrogens is 414 g/mol. The van der Waals surface area contributed by atoms with E-state index < -0.39 is 0 Å². The van der Waals surface area contributed by atoms with Gasteiger partial charge >= 0.3 is 0 Å². The molecule has 0 spiro atoms. The van der Waals surface area contributed by atoms with Gasteiger partial charge in [0.05, 0.1) is 11.8 Å². The van der Waals surface area contributed by atoms with Crippen molar-refractivity contribution in [3.63, 3.8) is 0 Å². The Bertz CT molecular complexity index is 880. The zero-order valence-electron chi connectivity index (χ0n) is 20.7. The van der Waals surface area contributed by atoms with Gasteiger partial charge in [0.25, 0.3) is 0 Å². The summed E-state index contributed by atoms with van der Waals surface area (Å²) in [5.74, 6) is 1.97. The van der Waals surface area contributed by atoms with E-state index in [-0.39, 0.29) is 17.6 Å². The topological polar surface area (TPSA) is 41.8 Å². The van der Waals surface area contributed by atoms with Crippen molar-refractivity contribution < 1.29 is 9.84 Å². The number of ether oxygens (including phenoxy) is 1. The highest BCUT2D eigenvalue weighted by atomic mass is 32.1. The van der Waals surface area contributed by atoms with Crippen molar-refractivity contribution in [3.05, 3.63) is 40.5 Å². The van der Waals surface area contributed by atoms with Crippen molar-refractivity contribution in [3.8, 4) is 5.75 Å². The number of aliphatic imine (C=N–C) groups is 1. The van der Waals surface area contributed by atoms with Crippen LogP contribution in [0.15, 0.2) is 28.8 Å². The summed E-state index contributed by atoms with van der Waals surface area (Å²) in [5.41, 5.74) is 5.30. The average Bonchev–Trinajstić information content (AvgIpc) is 2.76. The van der Waals surface area contributed by atoms with Crippen molar-refractivity contribution in [2.24, 2.45) is 10.9 Å². The van der Waals surface area contributed by atoms with E-state index in [9.17, 15) is 5.11 Å². The molecule has 32 heavy (non-hydrogen) atoms. The summed E-state index contributed by atoms with van der Waals surface area (Å²) in [6.45, 7) is 12.5. The number of rotatable bonds is 10. The molecule has 0 bridgehead atoms. The van der Waals surface area contributed by atoms with Gasteiger partial charge in [-0.3, -0.25) is 0 Å². The third-order valence-electron chi connectivity index (χ3n) is 7.74. The number of aliphatic hydroxyl groups excluding tert-OH is 1. The summed E-state index contributed by atoms with van der Waals surface area (Å²) in [6, 6.07) is 4.78. The van der Waals surface area contributed by atoms with Gasteiger partial charge in [0.15, 0.2) is 0 Å². The molecule has 1 N–H and O–H groups in total. The van der Waals surface area contributed by atoms with Crippen LogP contribution in [-0.4, -0.2) is 29.0 Å². The van der Waals surface area contributed by atoms with Gasteiger partial charge in [0, 0.05) is 18.0 Å². The van der Waals surface area contributed by atoms with Crippen molar-refractivity contribution in [2.75, 3.05) is 13.2 Å². The van der Waals surface area contributed by atoms with Gasteiger partial charge in [0.2, 0.25) is 0 Å². The van der Waals surface area contributed by atoms with Gasteiger partial charge in [-0.05, 0) is 92.3 Å². The van der Waals surface area contributed by atoms with Crippen LogP contribution in [0.1, 0.15) is 102 Å². The third-order valence-corrected chi connectivity index (χ3v) is 7.87. The molecule has 0 fully saturated rings. The smallest absolute Gasteiger partial charge is 0.124 e. The van der Waals surface area contributed by atoms with Gasteiger partial charge < -0.3 is 9.84 Å². The van der Waals surface area contributed by atoms with Crippen molar-refractivity contribution in [2.45, 2.75) is 103 Å². The van der Waals surface area contributed by atoms with Crippen LogP contribution in [0.3, 0.4) is 0 Å². The van der Waals surface area contributed by atoms with E-state index in [1.807, 2.05) is 0 Å². The predicted octanol–water partition coefficient (Wildman–Crippen LogP) is 7.16. The number of fused-ring (bicyclic) bond motifs is 3. The van der Waals surface area contributed by atoms with E-state index in [4.69, 9.17) is 4.74 Å². The Labute approximate surface area is 200 Å². The van der Waals surface area contributed by atoms with Crippen LogP contribution in [-0.2, 0) is 11.8 Å². The standard InChI is InChI=1S/C28H41NO2S/c1-6-21-16-22(27(2,3)13-9-7-8-10-14-29-19-32)17-25-26(21)23-15-20(18-30)11-12-24(23)28(4,5)31-25/h11,16-17,23-24,30H,6-10,12-15,18H2,1-5H3/t23-,24-/m1/s1. The third kappa shape index (κ3) is 5.53. The summed E-state index contributed by atoms with van der Waals surface area (Å²) in [4.78, 5) is 4.01. The highest BCUT2D eigenvalue weighted by Crippen LogP contribution is 2.53. The lowest BCUT2D eigenvalue weighted by molar-refractivity contribution is 0.00721. The van der Waals surface area contributed by atoms with Gasteiger partial charge in [-0.25, -0.2) is 4.99 Å². The molecule has 1 aliphatic heterocycles. The fourth-order valence-electron chi connectivity index (χ4n) is 5.70. The SMILES string of the molecule is CCc1cc(C(C)(C)CCCCCCN=C=S)cc2c1[C@@H]1CC(CO)=CC[C@H]1C(C)(C)O2. The minimum atomic E-state index is -0.201. The second kappa shape index (κ2) is 10.6. The number of unbranched alkanes of at least 4 members (excludes halogenated alkanes) is 3. The van der Waals surface area contributed by atoms with Crippen LogP contribution in [0.4, 0.5) is 0 Å². The fourth-order valence-corrected chi connectivity index (χ4v) is 5.79. The first kappa shape index (κ1) is 25.1. The van der Waals surface area contributed by atoms with Crippen LogP contribution >= 0.6 is 12.2 Å². The minimum Gasteiger partial charge on any atom is -0.487 e.